The van der Waals surface area contributed by atoms with Crippen molar-refractivity contribution in [2.45, 2.75) is 13.8 Å². The number of benzene rings is 2. The van der Waals surface area contributed by atoms with E-state index < -0.39 is 0 Å². The molecule has 0 saturated carbocycles. The molecular weight excluding hydrogens is 332 g/mol. The molecule has 0 atom stereocenters. The molecule has 0 aliphatic rings. The van der Waals surface area contributed by atoms with Gasteiger partial charge < -0.3 is 19.7 Å². The number of ether oxygens (including phenoxy) is 2. The minimum Gasteiger partial charge on any atom is -0.496 e. The van der Waals surface area contributed by atoms with Gasteiger partial charge in [0.1, 0.15) is 11.5 Å². The van der Waals surface area contributed by atoms with E-state index >= 15 is 0 Å². The van der Waals surface area contributed by atoms with Gasteiger partial charge in [-0.2, -0.15) is 0 Å². The molecule has 0 bridgehead atoms. The van der Waals surface area contributed by atoms with E-state index in [0.29, 0.717) is 42.4 Å². The first-order chi connectivity index (χ1) is 12.6. The average Bonchev–Trinajstić information content (AvgIpc) is 2.65. The van der Waals surface area contributed by atoms with Gasteiger partial charge in [-0.15, -0.1) is 0 Å². The minimum atomic E-state index is -0.246. The summed E-state index contributed by atoms with van der Waals surface area (Å²) < 4.78 is 10.8. The normalized spacial score (nSPS) is 10.1. The van der Waals surface area contributed by atoms with Gasteiger partial charge in [-0.25, -0.2) is 0 Å². The number of amides is 2. The lowest BCUT2D eigenvalue weighted by atomic mass is 10.2. The maximum atomic E-state index is 12.4. The van der Waals surface area contributed by atoms with Crippen molar-refractivity contribution in [2.24, 2.45) is 0 Å². The van der Waals surface area contributed by atoms with Crippen LogP contribution in [0.3, 0.4) is 0 Å². The van der Waals surface area contributed by atoms with Crippen molar-refractivity contribution in [2.75, 3.05) is 31.7 Å². The van der Waals surface area contributed by atoms with Crippen LogP contribution in [0.5, 0.6) is 11.5 Å². The van der Waals surface area contributed by atoms with Gasteiger partial charge in [0.15, 0.2) is 0 Å². The maximum absolute atomic E-state index is 12.4. The zero-order valence-electron chi connectivity index (χ0n) is 15.3. The summed E-state index contributed by atoms with van der Waals surface area (Å²) in [5, 5.41) is 2.83. The summed E-state index contributed by atoms with van der Waals surface area (Å²) >= 11 is 0. The van der Waals surface area contributed by atoms with E-state index in [0.717, 1.165) is 0 Å². The molecule has 0 saturated heterocycles. The summed E-state index contributed by atoms with van der Waals surface area (Å²) in [5.74, 6) is 0.782. The molecule has 1 N–H and O–H groups in total. The van der Waals surface area contributed by atoms with E-state index in [9.17, 15) is 9.59 Å². The molecule has 6 nitrogen and oxygen atoms in total. The average molecular weight is 356 g/mol. The van der Waals surface area contributed by atoms with Crippen LogP contribution in [0.15, 0.2) is 48.5 Å². The first kappa shape index (κ1) is 19.3. The highest BCUT2D eigenvalue weighted by Crippen LogP contribution is 2.28. The van der Waals surface area contributed by atoms with Crippen LogP contribution in [0, 0.1) is 0 Å². The highest BCUT2D eigenvalue weighted by Gasteiger charge is 2.17. The van der Waals surface area contributed by atoms with E-state index in [1.807, 2.05) is 31.2 Å². The number of hydrogen-bond acceptors (Lipinski definition) is 4. The SMILES string of the molecule is CCOc1ccccc1N(CCNC(=O)c1ccccc1OC)C(C)=O. The van der Waals surface area contributed by atoms with Crippen molar-refractivity contribution in [1.82, 2.24) is 5.32 Å². The zero-order chi connectivity index (χ0) is 18.9. The van der Waals surface area contributed by atoms with E-state index in [4.69, 9.17) is 9.47 Å². The number of anilines is 1. The second-order valence-electron chi connectivity index (χ2n) is 5.53. The Kier molecular flexibility index (Phi) is 7.02. The highest BCUT2D eigenvalue weighted by atomic mass is 16.5. The Hall–Kier alpha value is -3.02. The number of nitrogens with zero attached hydrogens (tertiary/aromatic N) is 1. The molecule has 26 heavy (non-hydrogen) atoms. The molecule has 0 aliphatic heterocycles. The minimum absolute atomic E-state index is 0.122. The Morgan fingerprint density at radius 1 is 1.04 bits per heavy atom. The van der Waals surface area contributed by atoms with Gasteiger partial charge in [-0.1, -0.05) is 24.3 Å². The van der Waals surface area contributed by atoms with Crippen molar-refractivity contribution in [3.05, 3.63) is 54.1 Å². The van der Waals surface area contributed by atoms with Crippen LogP contribution in [0.1, 0.15) is 24.2 Å². The molecule has 2 rings (SSSR count). The number of rotatable bonds is 8. The summed E-state index contributed by atoms with van der Waals surface area (Å²) in [5.41, 5.74) is 1.15. The Morgan fingerprint density at radius 2 is 1.69 bits per heavy atom. The van der Waals surface area contributed by atoms with E-state index in [2.05, 4.69) is 5.32 Å². The molecule has 0 radical (unpaired) electrons. The van der Waals surface area contributed by atoms with Crippen LogP contribution in [0.25, 0.3) is 0 Å². The lowest BCUT2D eigenvalue weighted by Crippen LogP contribution is -2.37. The third-order valence-electron chi connectivity index (χ3n) is 3.81. The molecule has 2 amide bonds. The molecule has 0 spiro atoms. The fourth-order valence-corrected chi connectivity index (χ4v) is 2.61. The number of carbonyl (C=O) groups excluding carboxylic acids is 2. The largest absolute Gasteiger partial charge is 0.496 e. The first-order valence-electron chi connectivity index (χ1n) is 8.49. The van der Waals surface area contributed by atoms with Gasteiger partial charge in [0.05, 0.1) is 25.0 Å². The Bertz CT molecular complexity index is 761. The molecular formula is C20H24N2O4. The van der Waals surface area contributed by atoms with E-state index in [1.165, 1.54) is 14.0 Å². The molecule has 2 aromatic carbocycles. The lowest BCUT2D eigenvalue weighted by Gasteiger charge is -2.24. The number of nitrogens with one attached hydrogen (secondary N) is 1. The van der Waals surface area contributed by atoms with Crippen molar-refractivity contribution in [1.29, 1.82) is 0 Å². The fraction of sp³-hybridized carbons (Fsp3) is 0.300. The first-order valence-corrected chi connectivity index (χ1v) is 8.49. The van der Waals surface area contributed by atoms with Crippen LogP contribution in [0.4, 0.5) is 5.69 Å². The zero-order valence-corrected chi connectivity index (χ0v) is 15.3. The number of hydrogen-bond donors (Lipinski definition) is 1. The molecule has 6 heteroatoms. The van der Waals surface area contributed by atoms with Gasteiger partial charge in [-0.05, 0) is 31.2 Å². The van der Waals surface area contributed by atoms with Crippen LogP contribution < -0.4 is 19.7 Å². The third kappa shape index (κ3) is 4.75. The summed E-state index contributed by atoms with van der Waals surface area (Å²) in [6, 6.07) is 14.4. The van der Waals surface area contributed by atoms with Crippen molar-refractivity contribution < 1.29 is 19.1 Å². The standard InChI is InChI=1S/C20H24N2O4/c1-4-26-19-12-8-6-10-17(19)22(15(2)23)14-13-21-20(24)16-9-5-7-11-18(16)25-3/h5-12H,4,13-14H2,1-3H3,(H,21,24). The second kappa shape index (κ2) is 9.46. The number of para-hydroxylation sites is 3. The summed E-state index contributed by atoms with van der Waals surface area (Å²) in [6.45, 7) is 4.53. The predicted octanol–water partition coefficient (Wildman–Crippen LogP) is 2.88. The van der Waals surface area contributed by atoms with Gasteiger partial charge in [-0.3, -0.25) is 9.59 Å². The maximum Gasteiger partial charge on any atom is 0.255 e. The Labute approximate surface area is 153 Å². The third-order valence-corrected chi connectivity index (χ3v) is 3.81. The summed E-state index contributed by atoms with van der Waals surface area (Å²) in [6.07, 6.45) is 0. The quantitative estimate of drug-likeness (QED) is 0.790. The van der Waals surface area contributed by atoms with Gasteiger partial charge in [0.2, 0.25) is 5.91 Å². The fourth-order valence-electron chi connectivity index (χ4n) is 2.61. The van der Waals surface area contributed by atoms with Gasteiger partial charge in [0, 0.05) is 20.0 Å². The monoisotopic (exact) mass is 356 g/mol. The van der Waals surface area contributed by atoms with E-state index in [1.54, 1.807) is 29.2 Å². The lowest BCUT2D eigenvalue weighted by molar-refractivity contribution is -0.116. The van der Waals surface area contributed by atoms with Crippen LogP contribution in [-0.4, -0.2) is 38.6 Å². The van der Waals surface area contributed by atoms with Crippen molar-refractivity contribution >= 4 is 17.5 Å². The van der Waals surface area contributed by atoms with Crippen LogP contribution in [0.2, 0.25) is 0 Å². The smallest absolute Gasteiger partial charge is 0.255 e. The Balaban J connectivity index is 2.06. The Morgan fingerprint density at radius 3 is 2.35 bits per heavy atom. The molecule has 0 aromatic heterocycles. The van der Waals surface area contributed by atoms with Crippen LogP contribution >= 0.6 is 0 Å². The summed E-state index contributed by atoms with van der Waals surface area (Å²) in [7, 11) is 1.52. The number of methoxy groups -OCH3 is 1. The molecule has 0 heterocycles. The molecule has 138 valence electrons. The number of carbonyl (C=O) groups is 2. The second-order valence-corrected chi connectivity index (χ2v) is 5.53. The van der Waals surface area contributed by atoms with Gasteiger partial charge in [0.25, 0.3) is 5.91 Å². The van der Waals surface area contributed by atoms with Gasteiger partial charge >= 0.3 is 0 Å². The predicted molar refractivity (Wildman–Crippen MR) is 101 cm³/mol. The molecule has 0 fully saturated rings. The van der Waals surface area contributed by atoms with Crippen molar-refractivity contribution in [3.8, 4) is 11.5 Å². The van der Waals surface area contributed by atoms with E-state index in [-0.39, 0.29) is 11.8 Å². The molecule has 0 unspecified atom stereocenters. The van der Waals surface area contributed by atoms with Crippen molar-refractivity contribution in [3.63, 3.8) is 0 Å². The highest BCUT2D eigenvalue weighted by molar-refractivity contribution is 5.97. The molecule has 2 aromatic rings. The van der Waals surface area contributed by atoms with Crippen LogP contribution in [-0.2, 0) is 4.79 Å². The molecule has 0 aliphatic carbocycles. The summed E-state index contributed by atoms with van der Waals surface area (Å²) in [4.78, 5) is 26.0. The topological polar surface area (TPSA) is 67.9 Å².